The number of rotatable bonds is 8. The third-order valence-corrected chi connectivity index (χ3v) is 6.96. The molecular formula is C25H33N5O5. The molecule has 2 heterocycles. The van der Waals surface area contributed by atoms with Crippen LogP contribution in [0, 0.1) is 0 Å². The summed E-state index contributed by atoms with van der Waals surface area (Å²) in [6, 6.07) is 6.97. The fourth-order valence-corrected chi connectivity index (χ4v) is 4.92. The molecule has 10 heteroatoms. The van der Waals surface area contributed by atoms with Gasteiger partial charge in [0.15, 0.2) is 5.69 Å². The molecule has 35 heavy (non-hydrogen) atoms. The molecule has 4 rings (SSSR count). The number of fused-ring (bicyclic) bond motifs is 1. The van der Waals surface area contributed by atoms with Gasteiger partial charge in [-0.3, -0.25) is 19.1 Å². The van der Waals surface area contributed by atoms with Gasteiger partial charge in [-0.15, -0.1) is 0 Å². The summed E-state index contributed by atoms with van der Waals surface area (Å²) < 4.78 is 12.1. The van der Waals surface area contributed by atoms with E-state index in [1.165, 1.54) is 10.7 Å². The maximum absolute atomic E-state index is 13.3. The molecule has 188 valence electrons. The normalized spacial score (nSPS) is 19.9. The van der Waals surface area contributed by atoms with Crippen LogP contribution in [0.2, 0.25) is 0 Å². The lowest BCUT2D eigenvalue weighted by molar-refractivity contribution is -0.133. The second kappa shape index (κ2) is 9.97. The SMILES string of the molecule is CCN1C(=O)c2cc(C(=O)NCc3ccc(OC)cc3OC)nn2C[C@@]1(C)C(=O)NC1CCCC1. The minimum Gasteiger partial charge on any atom is -0.497 e. The van der Waals surface area contributed by atoms with Gasteiger partial charge >= 0.3 is 0 Å². The third-order valence-electron chi connectivity index (χ3n) is 6.96. The molecule has 1 aliphatic heterocycles. The van der Waals surface area contributed by atoms with Crippen LogP contribution >= 0.6 is 0 Å². The molecule has 1 aromatic heterocycles. The molecule has 10 nitrogen and oxygen atoms in total. The molecule has 0 unspecified atom stereocenters. The van der Waals surface area contributed by atoms with E-state index < -0.39 is 11.4 Å². The number of methoxy groups -OCH3 is 2. The van der Waals surface area contributed by atoms with E-state index in [4.69, 9.17) is 9.47 Å². The van der Waals surface area contributed by atoms with Crippen LogP contribution in [0.3, 0.4) is 0 Å². The number of hydrogen-bond acceptors (Lipinski definition) is 6. The molecule has 0 bridgehead atoms. The molecule has 0 saturated heterocycles. The quantitative estimate of drug-likeness (QED) is 0.595. The lowest BCUT2D eigenvalue weighted by Gasteiger charge is -2.43. The topological polar surface area (TPSA) is 115 Å². The Hall–Kier alpha value is -3.56. The first-order chi connectivity index (χ1) is 16.8. The molecular weight excluding hydrogens is 450 g/mol. The van der Waals surface area contributed by atoms with Crippen molar-refractivity contribution < 1.29 is 23.9 Å². The Morgan fingerprint density at radius 2 is 1.91 bits per heavy atom. The van der Waals surface area contributed by atoms with Crippen LogP contribution in [-0.4, -0.2) is 64.7 Å². The molecule has 2 N–H and O–H groups in total. The number of nitrogens with zero attached hydrogens (tertiary/aromatic N) is 3. The van der Waals surface area contributed by atoms with Crippen molar-refractivity contribution >= 4 is 17.7 Å². The van der Waals surface area contributed by atoms with Crippen LogP contribution in [0.1, 0.15) is 66.1 Å². The monoisotopic (exact) mass is 483 g/mol. The van der Waals surface area contributed by atoms with Crippen molar-refractivity contribution in [2.75, 3.05) is 20.8 Å². The number of benzene rings is 1. The lowest BCUT2D eigenvalue weighted by Crippen LogP contribution is -2.64. The van der Waals surface area contributed by atoms with Gasteiger partial charge in [0.25, 0.3) is 11.8 Å². The van der Waals surface area contributed by atoms with Gasteiger partial charge in [-0.2, -0.15) is 5.10 Å². The predicted molar refractivity (Wildman–Crippen MR) is 128 cm³/mol. The van der Waals surface area contributed by atoms with Crippen LogP contribution in [0.4, 0.5) is 0 Å². The number of hydrogen-bond donors (Lipinski definition) is 2. The fraction of sp³-hybridized carbons (Fsp3) is 0.520. The van der Waals surface area contributed by atoms with Crippen LogP contribution in [-0.2, 0) is 17.9 Å². The van der Waals surface area contributed by atoms with Gasteiger partial charge in [0.2, 0.25) is 5.91 Å². The van der Waals surface area contributed by atoms with E-state index in [1.807, 2.05) is 13.0 Å². The minimum atomic E-state index is -1.09. The van der Waals surface area contributed by atoms with Gasteiger partial charge in [0.05, 0.1) is 20.8 Å². The summed E-state index contributed by atoms with van der Waals surface area (Å²) >= 11 is 0. The number of carbonyl (C=O) groups excluding carboxylic acids is 3. The maximum Gasteiger partial charge on any atom is 0.273 e. The summed E-state index contributed by atoms with van der Waals surface area (Å²) in [5, 5.41) is 10.3. The third kappa shape index (κ3) is 4.69. The summed E-state index contributed by atoms with van der Waals surface area (Å²) in [5.41, 5.74) is 0.106. The van der Waals surface area contributed by atoms with E-state index in [0.717, 1.165) is 31.2 Å². The van der Waals surface area contributed by atoms with Gasteiger partial charge in [0, 0.05) is 36.8 Å². The summed E-state index contributed by atoms with van der Waals surface area (Å²) in [6.45, 7) is 4.38. The zero-order chi connectivity index (χ0) is 25.2. The summed E-state index contributed by atoms with van der Waals surface area (Å²) in [5.74, 6) is 0.326. The van der Waals surface area contributed by atoms with Gasteiger partial charge in [-0.1, -0.05) is 12.8 Å². The van der Waals surface area contributed by atoms with Crippen molar-refractivity contribution in [1.29, 1.82) is 0 Å². The number of carbonyl (C=O) groups is 3. The molecule has 0 spiro atoms. The second-order valence-electron chi connectivity index (χ2n) is 9.21. The standard InChI is InChI=1S/C25H33N5O5/c1-5-29-23(32)20-13-19(22(31)26-14-16-10-11-18(34-3)12-21(16)35-4)28-30(20)15-25(29,2)24(33)27-17-8-6-7-9-17/h10-13,17H,5-9,14-15H2,1-4H3,(H,26,31)(H,27,33)/t25-/m0/s1. The van der Waals surface area contributed by atoms with E-state index in [2.05, 4.69) is 15.7 Å². The highest BCUT2D eigenvalue weighted by molar-refractivity contribution is 6.01. The highest BCUT2D eigenvalue weighted by Crippen LogP contribution is 2.29. The minimum absolute atomic E-state index is 0.123. The number of ether oxygens (including phenoxy) is 2. The van der Waals surface area contributed by atoms with Crippen molar-refractivity contribution in [3.63, 3.8) is 0 Å². The van der Waals surface area contributed by atoms with Gasteiger partial charge in [-0.25, -0.2) is 0 Å². The molecule has 0 radical (unpaired) electrons. The molecule has 1 atom stereocenters. The van der Waals surface area contributed by atoms with Crippen molar-refractivity contribution in [3.8, 4) is 11.5 Å². The Kier molecular flexibility index (Phi) is 7.00. The number of likely N-dealkylation sites (N-methyl/N-ethyl adjacent to an activating group) is 1. The van der Waals surface area contributed by atoms with E-state index in [0.29, 0.717) is 23.7 Å². The fourth-order valence-electron chi connectivity index (χ4n) is 4.92. The van der Waals surface area contributed by atoms with Gasteiger partial charge < -0.3 is 25.0 Å². The molecule has 2 aromatic rings. The summed E-state index contributed by atoms with van der Waals surface area (Å²) in [7, 11) is 3.12. The van der Waals surface area contributed by atoms with E-state index in [9.17, 15) is 14.4 Å². The van der Waals surface area contributed by atoms with E-state index in [-0.39, 0.29) is 36.6 Å². The largest absolute Gasteiger partial charge is 0.497 e. The number of nitrogens with one attached hydrogen (secondary N) is 2. The average molecular weight is 484 g/mol. The second-order valence-corrected chi connectivity index (χ2v) is 9.21. The highest BCUT2D eigenvalue weighted by atomic mass is 16.5. The molecule has 1 fully saturated rings. The van der Waals surface area contributed by atoms with Crippen molar-refractivity contribution in [1.82, 2.24) is 25.3 Å². The summed E-state index contributed by atoms with van der Waals surface area (Å²) in [4.78, 5) is 41.0. The van der Waals surface area contributed by atoms with Crippen LogP contribution < -0.4 is 20.1 Å². The van der Waals surface area contributed by atoms with Crippen molar-refractivity contribution in [3.05, 3.63) is 41.2 Å². The smallest absolute Gasteiger partial charge is 0.273 e. The Morgan fingerprint density at radius 3 is 2.57 bits per heavy atom. The maximum atomic E-state index is 13.3. The Balaban J connectivity index is 1.51. The van der Waals surface area contributed by atoms with E-state index >= 15 is 0 Å². The first kappa shape index (κ1) is 24.6. The Morgan fingerprint density at radius 1 is 1.17 bits per heavy atom. The van der Waals surface area contributed by atoms with Gasteiger partial charge in [0.1, 0.15) is 22.7 Å². The molecule has 2 aliphatic rings. The first-order valence-electron chi connectivity index (χ1n) is 12.0. The van der Waals surface area contributed by atoms with Crippen LogP contribution in [0.5, 0.6) is 11.5 Å². The Labute approximate surface area is 204 Å². The zero-order valence-corrected chi connectivity index (χ0v) is 20.7. The van der Waals surface area contributed by atoms with Gasteiger partial charge in [-0.05, 0) is 38.8 Å². The average Bonchev–Trinajstić information content (AvgIpc) is 3.52. The highest BCUT2D eigenvalue weighted by Gasteiger charge is 2.48. The number of amides is 3. The van der Waals surface area contributed by atoms with Crippen molar-refractivity contribution in [2.45, 2.75) is 64.2 Å². The van der Waals surface area contributed by atoms with E-state index in [1.54, 1.807) is 38.2 Å². The molecule has 3 amide bonds. The first-order valence-corrected chi connectivity index (χ1v) is 12.0. The molecule has 1 aromatic carbocycles. The summed E-state index contributed by atoms with van der Waals surface area (Å²) in [6.07, 6.45) is 4.11. The van der Waals surface area contributed by atoms with Crippen LogP contribution in [0.25, 0.3) is 0 Å². The van der Waals surface area contributed by atoms with Crippen molar-refractivity contribution in [2.24, 2.45) is 0 Å². The number of aromatic nitrogens is 2. The predicted octanol–water partition coefficient (Wildman–Crippen LogP) is 2.12. The molecule has 1 saturated carbocycles. The Bertz CT molecular complexity index is 1120. The lowest BCUT2D eigenvalue weighted by atomic mass is 9.94. The molecule has 1 aliphatic carbocycles. The zero-order valence-electron chi connectivity index (χ0n) is 20.7. The van der Waals surface area contributed by atoms with Crippen LogP contribution in [0.15, 0.2) is 24.3 Å².